The van der Waals surface area contributed by atoms with E-state index in [1.54, 1.807) is 30.3 Å². The van der Waals surface area contributed by atoms with Gasteiger partial charge < -0.3 is 24.1 Å². The molecule has 9 nitrogen and oxygen atoms in total. The summed E-state index contributed by atoms with van der Waals surface area (Å²) < 4.78 is 35.3. The van der Waals surface area contributed by atoms with E-state index in [9.17, 15) is 14.0 Å². The summed E-state index contributed by atoms with van der Waals surface area (Å²) in [6.45, 7) is 1.64. The zero-order valence-electron chi connectivity index (χ0n) is 19.3. The molecule has 1 heterocycles. The molecule has 0 aliphatic carbocycles. The number of nitrogens with one attached hydrogen (secondary N) is 1. The van der Waals surface area contributed by atoms with Crippen molar-refractivity contribution in [2.24, 2.45) is 0 Å². The van der Waals surface area contributed by atoms with Crippen molar-refractivity contribution in [3.8, 4) is 22.9 Å². The van der Waals surface area contributed by atoms with Crippen molar-refractivity contribution in [3.63, 3.8) is 0 Å². The molecule has 0 fully saturated rings. The molecule has 0 radical (unpaired) electrons. The molecule has 0 aliphatic heterocycles. The molecular formula is C26H22FN3O6. The molecular weight excluding hydrogens is 469 g/mol. The highest BCUT2D eigenvalue weighted by molar-refractivity contribution is 5.94. The van der Waals surface area contributed by atoms with Crippen LogP contribution < -0.4 is 14.8 Å². The molecule has 0 saturated carbocycles. The monoisotopic (exact) mass is 491 g/mol. The highest BCUT2D eigenvalue weighted by Crippen LogP contribution is 2.28. The number of hydrogen-bond donors (Lipinski definition) is 1. The number of anilines is 1. The van der Waals surface area contributed by atoms with E-state index in [0.717, 1.165) is 0 Å². The van der Waals surface area contributed by atoms with Gasteiger partial charge in [-0.2, -0.15) is 4.98 Å². The average molecular weight is 491 g/mol. The van der Waals surface area contributed by atoms with Crippen LogP contribution in [0.1, 0.15) is 23.2 Å². The van der Waals surface area contributed by atoms with Gasteiger partial charge in [-0.25, -0.2) is 9.18 Å². The van der Waals surface area contributed by atoms with E-state index in [-0.39, 0.29) is 29.5 Å². The van der Waals surface area contributed by atoms with Crippen LogP contribution in [0.15, 0.2) is 77.3 Å². The van der Waals surface area contributed by atoms with Gasteiger partial charge in [-0.05, 0) is 43.3 Å². The summed E-state index contributed by atoms with van der Waals surface area (Å²) in [6, 6.07) is 19.3. The van der Waals surface area contributed by atoms with Crippen LogP contribution in [0.2, 0.25) is 0 Å². The fraction of sp³-hybridized carbons (Fsp3) is 0.154. The first-order valence-corrected chi connectivity index (χ1v) is 11.0. The third-order valence-electron chi connectivity index (χ3n) is 4.84. The first kappa shape index (κ1) is 24.4. The van der Waals surface area contributed by atoms with Crippen molar-refractivity contribution in [1.82, 2.24) is 10.1 Å². The summed E-state index contributed by atoms with van der Waals surface area (Å²) in [5, 5.41) is 6.35. The summed E-state index contributed by atoms with van der Waals surface area (Å²) in [5.74, 6) is -0.747. The minimum absolute atomic E-state index is 0.0293. The number of carbonyl (C=O) groups excluding carboxylic acids is 2. The Hall–Kier alpha value is -4.73. The Balaban J connectivity index is 1.36. The van der Waals surface area contributed by atoms with Gasteiger partial charge in [0.05, 0.1) is 17.9 Å². The number of halogens is 1. The summed E-state index contributed by atoms with van der Waals surface area (Å²) in [7, 11) is 0. The zero-order chi connectivity index (χ0) is 25.3. The fourth-order valence-electron chi connectivity index (χ4n) is 3.21. The molecule has 1 amide bonds. The molecule has 0 spiro atoms. The number of nitrogens with zero attached hydrogens (tertiary/aromatic N) is 2. The number of hydrogen-bond acceptors (Lipinski definition) is 8. The van der Waals surface area contributed by atoms with Gasteiger partial charge in [0.1, 0.15) is 22.9 Å². The van der Waals surface area contributed by atoms with Gasteiger partial charge in [-0.3, -0.25) is 4.79 Å². The topological polar surface area (TPSA) is 113 Å². The molecule has 3 aromatic carbocycles. The molecule has 0 unspecified atom stereocenters. The molecule has 4 rings (SSSR count). The lowest BCUT2D eigenvalue weighted by Gasteiger charge is -2.11. The average Bonchev–Trinajstić information content (AvgIpc) is 3.37. The Kier molecular flexibility index (Phi) is 7.87. The maximum atomic E-state index is 13.7. The molecule has 0 bridgehead atoms. The maximum absolute atomic E-state index is 13.7. The molecule has 4 aromatic rings. The molecule has 0 aliphatic rings. The lowest BCUT2D eigenvalue weighted by Crippen LogP contribution is -2.21. The number of aromatic nitrogens is 2. The summed E-state index contributed by atoms with van der Waals surface area (Å²) in [6.07, 6.45) is 0. The van der Waals surface area contributed by atoms with Crippen molar-refractivity contribution in [1.29, 1.82) is 0 Å². The van der Waals surface area contributed by atoms with E-state index >= 15 is 0 Å². The van der Waals surface area contributed by atoms with E-state index < -0.39 is 24.3 Å². The minimum Gasteiger partial charge on any atom is -0.493 e. The predicted octanol–water partition coefficient (Wildman–Crippen LogP) is 4.65. The van der Waals surface area contributed by atoms with Crippen molar-refractivity contribution < 1.29 is 32.7 Å². The standard InChI is InChI=1S/C26H22FN3O6/c1-2-33-21-13-7-3-9-17(21)25-29-24(36-30-25)16-35-26(32)18-10-4-8-14-22(18)34-15-23(31)28-20-12-6-5-11-19(20)27/h3-14H,2,15-16H2,1H3,(H,28,31). The van der Waals surface area contributed by atoms with Gasteiger partial charge in [0.2, 0.25) is 5.82 Å². The Morgan fingerprint density at radius 3 is 2.47 bits per heavy atom. The van der Waals surface area contributed by atoms with Crippen LogP contribution in [0.5, 0.6) is 11.5 Å². The normalized spacial score (nSPS) is 10.5. The lowest BCUT2D eigenvalue weighted by molar-refractivity contribution is -0.118. The summed E-state index contributed by atoms with van der Waals surface area (Å²) in [4.78, 5) is 29.1. The first-order chi connectivity index (χ1) is 17.5. The van der Waals surface area contributed by atoms with Crippen molar-refractivity contribution in [3.05, 3.63) is 90.1 Å². The van der Waals surface area contributed by atoms with Crippen LogP contribution in [-0.2, 0) is 16.1 Å². The number of rotatable bonds is 10. The summed E-state index contributed by atoms with van der Waals surface area (Å²) >= 11 is 0. The number of carbonyl (C=O) groups is 2. The van der Waals surface area contributed by atoms with Crippen LogP contribution in [0.3, 0.4) is 0 Å². The van der Waals surface area contributed by atoms with Crippen molar-refractivity contribution in [2.45, 2.75) is 13.5 Å². The van der Waals surface area contributed by atoms with Crippen LogP contribution in [0, 0.1) is 5.82 Å². The third-order valence-corrected chi connectivity index (χ3v) is 4.84. The predicted molar refractivity (Wildman–Crippen MR) is 127 cm³/mol. The Morgan fingerprint density at radius 2 is 1.67 bits per heavy atom. The van der Waals surface area contributed by atoms with Gasteiger partial charge in [0.25, 0.3) is 11.8 Å². The van der Waals surface area contributed by atoms with Gasteiger partial charge in [-0.1, -0.05) is 41.6 Å². The van der Waals surface area contributed by atoms with Crippen LogP contribution >= 0.6 is 0 Å². The second-order valence-electron chi connectivity index (χ2n) is 7.33. The molecule has 1 aromatic heterocycles. The molecule has 0 atom stereocenters. The lowest BCUT2D eigenvalue weighted by atomic mass is 10.2. The van der Waals surface area contributed by atoms with E-state index in [0.29, 0.717) is 23.7 Å². The molecule has 10 heteroatoms. The van der Waals surface area contributed by atoms with E-state index in [4.69, 9.17) is 18.7 Å². The highest BCUT2D eigenvalue weighted by Gasteiger charge is 2.18. The SMILES string of the molecule is CCOc1ccccc1-c1noc(COC(=O)c2ccccc2OCC(=O)Nc2ccccc2F)n1. The Bertz CT molecular complexity index is 1360. The number of ether oxygens (including phenoxy) is 3. The van der Waals surface area contributed by atoms with Crippen LogP contribution in [0.25, 0.3) is 11.4 Å². The third kappa shape index (κ3) is 6.03. The van der Waals surface area contributed by atoms with E-state index in [1.807, 2.05) is 19.1 Å². The van der Waals surface area contributed by atoms with Crippen molar-refractivity contribution in [2.75, 3.05) is 18.5 Å². The molecule has 184 valence electrons. The largest absolute Gasteiger partial charge is 0.493 e. The maximum Gasteiger partial charge on any atom is 0.342 e. The number of esters is 1. The highest BCUT2D eigenvalue weighted by atomic mass is 19.1. The van der Waals surface area contributed by atoms with Gasteiger partial charge in [0, 0.05) is 0 Å². The van der Waals surface area contributed by atoms with Crippen LogP contribution in [0.4, 0.5) is 10.1 Å². The first-order valence-electron chi connectivity index (χ1n) is 11.0. The minimum atomic E-state index is -0.713. The Labute approximate surface area is 205 Å². The molecule has 0 saturated heterocycles. The van der Waals surface area contributed by atoms with Crippen LogP contribution in [-0.4, -0.2) is 35.2 Å². The smallest absolute Gasteiger partial charge is 0.342 e. The van der Waals surface area contributed by atoms with Gasteiger partial charge in [0.15, 0.2) is 13.2 Å². The Morgan fingerprint density at radius 1 is 0.944 bits per heavy atom. The van der Waals surface area contributed by atoms with Gasteiger partial charge >= 0.3 is 5.97 Å². The van der Waals surface area contributed by atoms with Crippen molar-refractivity contribution >= 4 is 17.6 Å². The summed E-state index contributed by atoms with van der Waals surface area (Å²) in [5.41, 5.74) is 0.771. The quantitative estimate of drug-likeness (QED) is 0.319. The number of benzene rings is 3. The second-order valence-corrected chi connectivity index (χ2v) is 7.33. The fourth-order valence-corrected chi connectivity index (χ4v) is 3.21. The number of amides is 1. The van der Waals surface area contributed by atoms with E-state index in [2.05, 4.69) is 15.5 Å². The second kappa shape index (κ2) is 11.6. The zero-order valence-corrected chi connectivity index (χ0v) is 19.3. The number of para-hydroxylation sites is 3. The molecule has 1 N–H and O–H groups in total. The molecule has 36 heavy (non-hydrogen) atoms. The van der Waals surface area contributed by atoms with E-state index in [1.165, 1.54) is 30.3 Å². The van der Waals surface area contributed by atoms with Gasteiger partial charge in [-0.15, -0.1) is 0 Å².